The summed E-state index contributed by atoms with van der Waals surface area (Å²) in [6, 6.07) is 18.3. The van der Waals surface area contributed by atoms with Crippen molar-refractivity contribution in [3.8, 4) is 5.75 Å². The van der Waals surface area contributed by atoms with E-state index in [1.807, 2.05) is 30.3 Å². The molecule has 0 saturated carbocycles. The number of aliphatic hydroxyl groups excluding tert-OH is 1. The predicted octanol–water partition coefficient (Wildman–Crippen LogP) is 2.66. The van der Waals surface area contributed by atoms with Crippen molar-refractivity contribution in [2.24, 2.45) is 0 Å². The Bertz CT molecular complexity index is 599. The van der Waals surface area contributed by atoms with Crippen LogP contribution in [0.5, 0.6) is 5.75 Å². The second-order valence-corrected chi connectivity index (χ2v) is 6.73. The van der Waals surface area contributed by atoms with Crippen LogP contribution in [0.2, 0.25) is 0 Å². The van der Waals surface area contributed by atoms with E-state index in [0.29, 0.717) is 13.0 Å². The molecule has 0 heterocycles. The lowest BCUT2D eigenvalue weighted by Crippen LogP contribution is -2.37. The third-order valence-electron chi connectivity index (χ3n) is 4.21. The van der Waals surface area contributed by atoms with Gasteiger partial charge in [0, 0.05) is 26.2 Å². The summed E-state index contributed by atoms with van der Waals surface area (Å²) >= 11 is 0. The number of rotatable bonds is 10. The molecular formula is C21H30N2O2. The van der Waals surface area contributed by atoms with Gasteiger partial charge in [-0.05, 0) is 43.8 Å². The Morgan fingerprint density at radius 3 is 2.20 bits per heavy atom. The maximum atomic E-state index is 10.5. The van der Waals surface area contributed by atoms with Gasteiger partial charge >= 0.3 is 0 Å². The number of benzene rings is 2. The van der Waals surface area contributed by atoms with Gasteiger partial charge in [-0.2, -0.15) is 0 Å². The third-order valence-corrected chi connectivity index (χ3v) is 4.21. The first-order valence-electron chi connectivity index (χ1n) is 8.79. The molecule has 1 atom stereocenters. The molecule has 1 N–H and O–H groups in total. The molecular weight excluding hydrogens is 312 g/mol. The summed E-state index contributed by atoms with van der Waals surface area (Å²) in [7, 11) is 5.83. The lowest BCUT2D eigenvalue weighted by Gasteiger charge is -2.26. The Labute approximate surface area is 151 Å². The zero-order chi connectivity index (χ0) is 18.1. The van der Waals surface area contributed by atoms with Gasteiger partial charge in [0.05, 0.1) is 13.2 Å². The van der Waals surface area contributed by atoms with Gasteiger partial charge in [-0.3, -0.25) is 4.90 Å². The van der Waals surface area contributed by atoms with Gasteiger partial charge in [0.15, 0.2) is 0 Å². The van der Waals surface area contributed by atoms with E-state index in [9.17, 15) is 5.11 Å². The normalized spacial score (nSPS) is 12.6. The van der Waals surface area contributed by atoms with Crippen LogP contribution in [0.25, 0.3) is 0 Å². The fourth-order valence-corrected chi connectivity index (χ4v) is 2.81. The minimum Gasteiger partial charge on any atom is -0.497 e. The van der Waals surface area contributed by atoms with Crippen molar-refractivity contribution in [3.05, 3.63) is 65.7 Å². The number of hydrogen-bond donors (Lipinski definition) is 1. The summed E-state index contributed by atoms with van der Waals surface area (Å²) in [6.07, 6.45) is 0.310. The Morgan fingerprint density at radius 2 is 1.60 bits per heavy atom. The van der Waals surface area contributed by atoms with Crippen LogP contribution in [0.15, 0.2) is 54.6 Å². The second kappa shape index (κ2) is 10.2. The lowest BCUT2D eigenvalue weighted by atomic mass is 10.1. The average molecular weight is 342 g/mol. The van der Waals surface area contributed by atoms with E-state index in [0.717, 1.165) is 25.4 Å². The molecule has 0 bridgehead atoms. The lowest BCUT2D eigenvalue weighted by molar-refractivity contribution is 0.104. The molecule has 0 fully saturated rings. The van der Waals surface area contributed by atoms with Gasteiger partial charge in [-0.25, -0.2) is 0 Å². The number of aliphatic hydroxyl groups is 1. The van der Waals surface area contributed by atoms with Crippen LogP contribution in [-0.2, 0) is 13.0 Å². The first-order valence-corrected chi connectivity index (χ1v) is 8.79. The predicted molar refractivity (Wildman–Crippen MR) is 103 cm³/mol. The van der Waals surface area contributed by atoms with E-state index in [1.165, 1.54) is 11.1 Å². The molecule has 136 valence electrons. The molecule has 1 unspecified atom stereocenters. The van der Waals surface area contributed by atoms with Crippen molar-refractivity contribution < 1.29 is 9.84 Å². The quantitative estimate of drug-likeness (QED) is 0.720. The minimum absolute atomic E-state index is 0.372. The van der Waals surface area contributed by atoms with Crippen LogP contribution >= 0.6 is 0 Å². The van der Waals surface area contributed by atoms with Crippen LogP contribution in [0.3, 0.4) is 0 Å². The van der Waals surface area contributed by atoms with Gasteiger partial charge in [0.25, 0.3) is 0 Å². The van der Waals surface area contributed by atoms with E-state index in [2.05, 4.69) is 48.2 Å². The Balaban J connectivity index is 1.96. The van der Waals surface area contributed by atoms with Gasteiger partial charge < -0.3 is 14.7 Å². The Hall–Kier alpha value is -1.88. The molecule has 0 aromatic heterocycles. The van der Waals surface area contributed by atoms with Crippen molar-refractivity contribution in [3.63, 3.8) is 0 Å². The summed E-state index contributed by atoms with van der Waals surface area (Å²) in [5, 5.41) is 10.5. The van der Waals surface area contributed by atoms with Crippen molar-refractivity contribution in [1.82, 2.24) is 9.80 Å². The topological polar surface area (TPSA) is 35.9 Å². The second-order valence-electron chi connectivity index (χ2n) is 6.73. The fraction of sp³-hybridized carbons (Fsp3) is 0.429. The van der Waals surface area contributed by atoms with Crippen LogP contribution in [0.4, 0.5) is 0 Å². The highest BCUT2D eigenvalue weighted by Crippen LogP contribution is 2.14. The fourth-order valence-electron chi connectivity index (χ4n) is 2.81. The molecule has 0 amide bonds. The number of ether oxygens (including phenoxy) is 1. The van der Waals surface area contributed by atoms with Crippen molar-refractivity contribution in [2.45, 2.75) is 19.1 Å². The summed E-state index contributed by atoms with van der Waals surface area (Å²) in [5.41, 5.74) is 2.40. The molecule has 0 radical (unpaired) electrons. The SMILES string of the molecule is COc1ccc(CN(CCN(C)C)CC(O)Cc2ccccc2)cc1. The molecule has 2 aromatic carbocycles. The standard InChI is InChI=1S/C21H30N2O2/c1-22(2)13-14-23(16-19-9-11-21(25-3)12-10-19)17-20(24)15-18-7-5-4-6-8-18/h4-12,20,24H,13-17H2,1-3H3. The Kier molecular flexibility index (Phi) is 7.92. The van der Waals surface area contributed by atoms with Crippen LogP contribution in [0, 0.1) is 0 Å². The summed E-state index contributed by atoms with van der Waals surface area (Å²) < 4.78 is 5.22. The van der Waals surface area contributed by atoms with Gasteiger partial charge in [0.1, 0.15) is 5.75 Å². The number of nitrogens with zero attached hydrogens (tertiary/aromatic N) is 2. The van der Waals surface area contributed by atoms with E-state index < -0.39 is 0 Å². The highest BCUT2D eigenvalue weighted by Gasteiger charge is 2.13. The molecule has 2 aromatic rings. The zero-order valence-corrected chi connectivity index (χ0v) is 15.6. The highest BCUT2D eigenvalue weighted by atomic mass is 16.5. The zero-order valence-electron chi connectivity index (χ0n) is 15.6. The summed E-state index contributed by atoms with van der Waals surface area (Å²) in [5.74, 6) is 0.868. The molecule has 0 saturated heterocycles. The molecule has 2 rings (SSSR count). The number of likely N-dealkylation sites (N-methyl/N-ethyl adjacent to an activating group) is 1. The summed E-state index contributed by atoms with van der Waals surface area (Å²) in [4.78, 5) is 4.49. The minimum atomic E-state index is -0.372. The van der Waals surface area contributed by atoms with Crippen LogP contribution in [0.1, 0.15) is 11.1 Å². The van der Waals surface area contributed by atoms with Crippen LogP contribution < -0.4 is 4.74 Å². The largest absolute Gasteiger partial charge is 0.497 e. The molecule has 0 spiro atoms. The van der Waals surface area contributed by atoms with E-state index in [-0.39, 0.29) is 6.10 Å². The highest BCUT2D eigenvalue weighted by molar-refractivity contribution is 5.27. The molecule has 0 aliphatic carbocycles. The molecule has 25 heavy (non-hydrogen) atoms. The van der Waals surface area contributed by atoms with Crippen molar-refractivity contribution in [1.29, 1.82) is 0 Å². The van der Waals surface area contributed by atoms with E-state index in [4.69, 9.17) is 4.74 Å². The van der Waals surface area contributed by atoms with Gasteiger partial charge in [-0.1, -0.05) is 42.5 Å². The van der Waals surface area contributed by atoms with Crippen LogP contribution in [-0.4, -0.2) is 61.8 Å². The Morgan fingerprint density at radius 1 is 0.920 bits per heavy atom. The molecule has 4 nitrogen and oxygen atoms in total. The number of methoxy groups -OCH3 is 1. The molecule has 0 aliphatic rings. The first kappa shape index (κ1) is 19.4. The first-order chi connectivity index (χ1) is 12.1. The maximum Gasteiger partial charge on any atom is 0.118 e. The number of hydrogen-bond acceptors (Lipinski definition) is 4. The maximum absolute atomic E-state index is 10.5. The van der Waals surface area contributed by atoms with Gasteiger partial charge in [0.2, 0.25) is 0 Å². The molecule has 0 aliphatic heterocycles. The smallest absolute Gasteiger partial charge is 0.118 e. The average Bonchev–Trinajstić information content (AvgIpc) is 2.61. The molecule has 4 heteroatoms. The van der Waals surface area contributed by atoms with E-state index in [1.54, 1.807) is 7.11 Å². The monoisotopic (exact) mass is 342 g/mol. The van der Waals surface area contributed by atoms with Gasteiger partial charge in [-0.15, -0.1) is 0 Å². The third kappa shape index (κ3) is 7.26. The summed E-state index contributed by atoms with van der Waals surface area (Å²) in [6.45, 7) is 3.37. The van der Waals surface area contributed by atoms with Crippen molar-refractivity contribution >= 4 is 0 Å². The van der Waals surface area contributed by atoms with E-state index >= 15 is 0 Å². The van der Waals surface area contributed by atoms with Crippen molar-refractivity contribution in [2.75, 3.05) is 40.8 Å².